The molecule has 4 heteroatoms. The van der Waals surface area contributed by atoms with Crippen LogP contribution in [0.4, 0.5) is 5.95 Å². The van der Waals surface area contributed by atoms with E-state index in [1.807, 2.05) is 12.4 Å². The van der Waals surface area contributed by atoms with Gasteiger partial charge in [-0.05, 0) is 12.8 Å². The van der Waals surface area contributed by atoms with Crippen LogP contribution in [-0.4, -0.2) is 29.3 Å². The number of nitrogens with one attached hydrogen (secondary N) is 1. The van der Waals surface area contributed by atoms with Gasteiger partial charge in [0.2, 0.25) is 5.95 Å². The van der Waals surface area contributed by atoms with Crippen LogP contribution >= 0.6 is 0 Å². The smallest absolute Gasteiger partial charge is 0.202 e. The van der Waals surface area contributed by atoms with Crippen molar-refractivity contribution in [2.24, 2.45) is 5.92 Å². The van der Waals surface area contributed by atoms with Gasteiger partial charge in [0.15, 0.2) is 0 Å². The molecule has 0 spiro atoms. The minimum atomic E-state index is 0.654. The van der Waals surface area contributed by atoms with Gasteiger partial charge in [-0.1, -0.05) is 6.92 Å². The highest BCUT2D eigenvalue weighted by Gasteiger charge is 2.17. The van der Waals surface area contributed by atoms with Crippen molar-refractivity contribution >= 4 is 5.95 Å². The second-order valence-corrected chi connectivity index (χ2v) is 4.06. The molecule has 0 aromatic carbocycles. The van der Waals surface area contributed by atoms with Gasteiger partial charge in [-0.2, -0.15) is 0 Å². The van der Waals surface area contributed by atoms with Crippen molar-refractivity contribution in [1.29, 1.82) is 0 Å². The minimum absolute atomic E-state index is 0.654. The van der Waals surface area contributed by atoms with Crippen LogP contribution in [-0.2, 0) is 11.3 Å². The number of ether oxygens (including phenoxy) is 1. The molecule has 84 valence electrons. The van der Waals surface area contributed by atoms with Gasteiger partial charge in [0.05, 0.1) is 6.61 Å². The summed E-state index contributed by atoms with van der Waals surface area (Å²) in [6, 6.07) is 0. The molecule has 0 aliphatic carbocycles. The maximum atomic E-state index is 5.37. The lowest BCUT2D eigenvalue weighted by molar-refractivity contribution is 0.182. The van der Waals surface area contributed by atoms with Crippen molar-refractivity contribution in [1.82, 2.24) is 9.55 Å². The summed E-state index contributed by atoms with van der Waals surface area (Å²) < 4.78 is 7.56. The maximum Gasteiger partial charge on any atom is 0.202 e. The minimum Gasteiger partial charge on any atom is -0.381 e. The van der Waals surface area contributed by atoms with Crippen molar-refractivity contribution in [3.8, 4) is 0 Å². The fourth-order valence-electron chi connectivity index (χ4n) is 1.87. The van der Waals surface area contributed by atoms with Gasteiger partial charge in [-0.3, -0.25) is 0 Å². The largest absolute Gasteiger partial charge is 0.381 e. The predicted octanol–water partition coefficient (Wildman–Crippen LogP) is 1.74. The molecule has 4 nitrogen and oxygen atoms in total. The topological polar surface area (TPSA) is 39.1 Å². The maximum absolute atomic E-state index is 5.37. The third-order valence-corrected chi connectivity index (χ3v) is 2.73. The molecular weight excluding hydrogens is 190 g/mol. The van der Waals surface area contributed by atoms with Gasteiger partial charge in [0.1, 0.15) is 0 Å². The van der Waals surface area contributed by atoms with Gasteiger partial charge in [0.25, 0.3) is 0 Å². The Morgan fingerprint density at radius 1 is 1.67 bits per heavy atom. The molecule has 0 bridgehead atoms. The first-order valence-electron chi connectivity index (χ1n) is 5.73. The van der Waals surface area contributed by atoms with Crippen LogP contribution in [0.15, 0.2) is 12.4 Å². The fourth-order valence-corrected chi connectivity index (χ4v) is 1.87. The number of hydrogen-bond acceptors (Lipinski definition) is 3. The summed E-state index contributed by atoms with van der Waals surface area (Å²) >= 11 is 0. The normalized spacial score (nSPS) is 20.7. The molecule has 1 aromatic rings. The second-order valence-electron chi connectivity index (χ2n) is 4.06. The number of rotatable bonds is 5. The molecule has 1 fully saturated rings. The molecule has 1 aliphatic rings. The second kappa shape index (κ2) is 5.16. The molecule has 2 rings (SSSR count). The molecule has 1 unspecified atom stereocenters. The highest BCUT2D eigenvalue weighted by molar-refractivity contribution is 5.25. The van der Waals surface area contributed by atoms with Crippen LogP contribution in [0.25, 0.3) is 0 Å². The number of hydrogen-bond donors (Lipinski definition) is 1. The van der Waals surface area contributed by atoms with Crippen LogP contribution in [0, 0.1) is 5.92 Å². The summed E-state index contributed by atoms with van der Waals surface area (Å²) in [6.45, 7) is 5.97. The highest BCUT2D eigenvalue weighted by atomic mass is 16.5. The number of aromatic nitrogens is 2. The number of imidazole rings is 1. The van der Waals surface area contributed by atoms with E-state index in [1.165, 1.54) is 6.42 Å². The fraction of sp³-hybridized carbons (Fsp3) is 0.727. The van der Waals surface area contributed by atoms with Crippen LogP contribution in [0.2, 0.25) is 0 Å². The van der Waals surface area contributed by atoms with Gasteiger partial charge >= 0.3 is 0 Å². The average Bonchev–Trinajstić information content (AvgIpc) is 2.87. The molecule has 2 heterocycles. The van der Waals surface area contributed by atoms with Crippen molar-refractivity contribution in [2.75, 3.05) is 25.1 Å². The van der Waals surface area contributed by atoms with E-state index in [1.54, 1.807) is 0 Å². The zero-order valence-corrected chi connectivity index (χ0v) is 9.28. The van der Waals surface area contributed by atoms with E-state index in [9.17, 15) is 0 Å². The van der Waals surface area contributed by atoms with E-state index in [0.29, 0.717) is 5.92 Å². The molecule has 0 amide bonds. The Morgan fingerprint density at radius 3 is 3.33 bits per heavy atom. The van der Waals surface area contributed by atoms with Gasteiger partial charge in [-0.25, -0.2) is 4.98 Å². The molecule has 15 heavy (non-hydrogen) atoms. The van der Waals surface area contributed by atoms with E-state index >= 15 is 0 Å². The van der Waals surface area contributed by atoms with E-state index < -0.39 is 0 Å². The summed E-state index contributed by atoms with van der Waals surface area (Å²) in [7, 11) is 0. The van der Waals surface area contributed by atoms with Crippen molar-refractivity contribution in [3.05, 3.63) is 12.4 Å². The first-order chi connectivity index (χ1) is 7.40. The quantitative estimate of drug-likeness (QED) is 0.803. The summed E-state index contributed by atoms with van der Waals surface area (Å²) in [6.07, 6.45) is 6.19. The molecule has 1 atom stereocenters. The van der Waals surface area contributed by atoms with E-state index in [2.05, 4.69) is 21.8 Å². The molecule has 1 aliphatic heterocycles. The number of anilines is 1. The molecule has 0 saturated carbocycles. The Labute approximate surface area is 90.6 Å². The zero-order valence-electron chi connectivity index (χ0n) is 9.28. The van der Waals surface area contributed by atoms with E-state index in [4.69, 9.17) is 4.74 Å². The van der Waals surface area contributed by atoms with E-state index in [0.717, 1.165) is 38.7 Å². The number of nitrogens with zero attached hydrogens (tertiary/aromatic N) is 2. The molecule has 0 radical (unpaired) electrons. The SMILES string of the molecule is CCCNc1nccn1CC1CCOC1. The van der Waals surface area contributed by atoms with E-state index in [-0.39, 0.29) is 0 Å². The third kappa shape index (κ3) is 2.72. The lowest BCUT2D eigenvalue weighted by Gasteiger charge is -2.12. The average molecular weight is 209 g/mol. The van der Waals surface area contributed by atoms with Gasteiger partial charge in [-0.15, -0.1) is 0 Å². The van der Waals surface area contributed by atoms with Crippen molar-refractivity contribution in [3.63, 3.8) is 0 Å². The summed E-state index contributed by atoms with van der Waals surface area (Å²) in [5, 5.41) is 3.33. The lowest BCUT2D eigenvalue weighted by Crippen LogP contribution is -2.14. The Morgan fingerprint density at radius 2 is 2.60 bits per heavy atom. The van der Waals surface area contributed by atoms with Crippen LogP contribution in [0.1, 0.15) is 19.8 Å². The van der Waals surface area contributed by atoms with Crippen molar-refractivity contribution < 1.29 is 4.74 Å². The monoisotopic (exact) mass is 209 g/mol. The highest BCUT2D eigenvalue weighted by Crippen LogP contribution is 2.16. The van der Waals surface area contributed by atoms with Crippen molar-refractivity contribution in [2.45, 2.75) is 26.3 Å². The van der Waals surface area contributed by atoms with Gasteiger partial charge < -0.3 is 14.6 Å². The Bertz CT molecular complexity index is 292. The van der Waals surface area contributed by atoms with Crippen LogP contribution < -0.4 is 5.32 Å². The predicted molar refractivity (Wildman–Crippen MR) is 59.9 cm³/mol. The molecule has 1 aromatic heterocycles. The standard InChI is InChI=1S/C11H19N3O/c1-2-4-12-11-13-5-6-14(11)8-10-3-7-15-9-10/h5-6,10H,2-4,7-9H2,1H3,(H,12,13). The summed E-state index contributed by atoms with van der Waals surface area (Å²) in [5.74, 6) is 1.64. The molecule has 1 N–H and O–H groups in total. The first kappa shape index (κ1) is 10.5. The lowest BCUT2D eigenvalue weighted by atomic mass is 10.1. The summed E-state index contributed by atoms with van der Waals surface area (Å²) in [4.78, 5) is 4.31. The zero-order chi connectivity index (χ0) is 10.5. The molecule has 1 saturated heterocycles. The Hall–Kier alpha value is -1.03. The third-order valence-electron chi connectivity index (χ3n) is 2.73. The molecular formula is C11H19N3O. The van der Waals surface area contributed by atoms with Gasteiger partial charge in [0, 0.05) is 38.0 Å². The Kier molecular flexibility index (Phi) is 3.61. The first-order valence-corrected chi connectivity index (χ1v) is 5.73. The van der Waals surface area contributed by atoms with Crippen LogP contribution in [0.5, 0.6) is 0 Å². The summed E-state index contributed by atoms with van der Waals surface area (Å²) in [5.41, 5.74) is 0. The van der Waals surface area contributed by atoms with Crippen LogP contribution in [0.3, 0.4) is 0 Å². The Balaban J connectivity index is 1.91.